The van der Waals surface area contributed by atoms with E-state index in [9.17, 15) is 0 Å². The fraction of sp³-hybridized carbons (Fsp3) is 0.778. The number of aryl methyl sites for hydroxylation is 1. The van der Waals surface area contributed by atoms with Gasteiger partial charge in [-0.1, -0.05) is 25.5 Å². The van der Waals surface area contributed by atoms with E-state index < -0.39 is 0 Å². The molecule has 0 aliphatic carbocycles. The lowest BCUT2D eigenvalue weighted by atomic mass is 9.95. The molecule has 0 bridgehead atoms. The van der Waals surface area contributed by atoms with E-state index in [0.717, 1.165) is 12.1 Å². The van der Waals surface area contributed by atoms with Crippen molar-refractivity contribution in [2.75, 3.05) is 0 Å². The molecule has 4 heteroatoms. The maximum atomic E-state index is 6.07. The van der Waals surface area contributed by atoms with Crippen molar-refractivity contribution in [1.29, 1.82) is 0 Å². The van der Waals surface area contributed by atoms with E-state index in [0.29, 0.717) is 5.92 Å². The maximum absolute atomic E-state index is 6.07. The van der Waals surface area contributed by atoms with Gasteiger partial charge >= 0.3 is 0 Å². The highest BCUT2D eigenvalue weighted by Crippen LogP contribution is 2.21. The Balaban J connectivity index is 2.67. The molecule has 0 aliphatic heterocycles. The second kappa shape index (κ2) is 4.37. The first-order valence-corrected chi connectivity index (χ1v) is 4.77. The Morgan fingerprint density at radius 2 is 2.31 bits per heavy atom. The number of nitrogens with zero attached hydrogens (tertiary/aromatic N) is 3. The van der Waals surface area contributed by atoms with Crippen LogP contribution in [0.4, 0.5) is 0 Å². The fourth-order valence-corrected chi connectivity index (χ4v) is 1.53. The van der Waals surface area contributed by atoms with Crippen molar-refractivity contribution in [2.45, 2.75) is 32.7 Å². The normalized spacial score (nSPS) is 15.7. The molecule has 0 aromatic carbocycles. The molecular weight excluding hydrogens is 164 g/mol. The van der Waals surface area contributed by atoms with Gasteiger partial charge in [0, 0.05) is 7.05 Å². The topological polar surface area (TPSA) is 56.7 Å². The van der Waals surface area contributed by atoms with E-state index in [2.05, 4.69) is 24.2 Å². The van der Waals surface area contributed by atoms with Crippen molar-refractivity contribution in [3.05, 3.63) is 11.9 Å². The molecule has 0 radical (unpaired) electrons. The number of hydrogen-bond acceptors (Lipinski definition) is 3. The van der Waals surface area contributed by atoms with Gasteiger partial charge in [0.15, 0.2) is 0 Å². The van der Waals surface area contributed by atoms with Crippen LogP contribution in [0.2, 0.25) is 0 Å². The standard InChI is InChI=1S/C9H18N4/c1-4-5-7(2)9(10)8-6-11-12-13(8)3/h6-7,9H,4-5,10H2,1-3H3. The predicted octanol–water partition coefficient (Wildman–Crippen LogP) is 1.25. The van der Waals surface area contributed by atoms with Crippen LogP contribution in [0, 0.1) is 5.92 Å². The van der Waals surface area contributed by atoms with E-state index in [-0.39, 0.29) is 6.04 Å². The van der Waals surface area contributed by atoms with Gasteiger partial charge in [-0.2, -0.15) is 0 Å². The van der Waals surface area contributed by atoms with Crippen molar-refractivity contribution in [1.82, 2.24) is 15.0 Å². The van der Waals surface area contributed by atoms with Gasteiger partial charge in [-0.3, -0.25) is 4.68 Å². The minimum Gasteiger partial charge on any atom is -0.322 e. The first kappa shape index (κ1) is 10.2. The smallest absolute Gasteiger partial charge is 0.0753 e. The summed E-state index contributed by atoms with van der Waals surface area (Å²) in [5.74, 6) is 0.488. The van der Waals surface area contributed by atoms with Gasteiger partial charge in [0.25, 0.3) is 0 Å². The summed E-state index contributed by atoms with van der Waals surface area (Å²) in [6, 6.07) is 0.0555. The van der Waals surface area contributed by atoms with Crippen molar-refractivity contribution >= 4 is 0 Å². The average Bonchev–Trinajstić information content (AvgIpc) is 2.50. The number of nitrogens with two attached hydrogens (primary N) is 1. The summed E-state index contributed by atoms with van der Waals surface area (Å²) in [4.78, 5) is 0. The van der Waals surface area contributed by atoms with Gasteiger partial charge in [0.1, 0.15) is 0 Å². The Labute approximate surface area is 79.1 Å². The molecule has 13 heavy (non-hydrogen) atoms. The van der Waals surface area contributed by atoms with Crippen LogP contribution >= 0.6 is 0 Å². The van der Waals surface area contributed by atoms with Gasteiger partial charge in [0.2, 0.25) is 0 Å². The lowest BCUT2D eigenvalue weighted by molar-refractivity contribution is 0.414. The van der Waals surface area contributed by atoms with Crippen LogP contribution in [0.15, 0.2) is 6.20 Å². The molecule has 2 N–H and O–H groups in total. The molecule has 1 aromatic heterocycles. The van der Waals surface area contributed by atoms with Crippen LogP contribution in [0.3, 0.4) is 0 Å². The fourth-order valence-electron chi connectivity index (χ4n) is 1.53. The highest BCUT2D eigenvalue weighted by atomic mass is 15.4. The van der Waals surface area contributed by atoms with E-state index in [1.807, 2.05) is 7.05 Å². The average molecular weight is 182 g/mol. The Bertz CT molecular complexity index is 256. The molecule has 74 valence electrons. The Morgan fingerprint density at radius 1 is 1.62 bits per heavy atom. The number of hydrogen-bond donors (Lipinski definition) is 1. The maximum Gasteiger partial charge on any atom is 0.0753 e. The van der Waals surface area contributed by atoms with Crippen molar-refractivity contribution in [3.8, 4) is 0 Å². The minimum atomic E-state index is 0.0555. The molecule has 4 nitrogen and oxygen atoms in total. The Kier molecular flexibility index (Phi) is 3.42. The number of aromatic nitrogens is 3. The second-order valence-electron chi connectivity index (χ2n) is 3.57. The van der Waals surface area contributed by atoms with Crippen LogP contribution in [-0.2, 0) is 7.05 Å². The van der Waals surface area contributed by atoms with E-state index in [1.165, 1.54) is 6.42 Å². The number of rotatable bonds is 4. The molecule has 1 rings (SSSR count). The highest BCUT2D eigenvalue weighted by Gasteiger charge is 2.17. The molecular formula is C9H18N4. The van der Waals surface area contributed by atoms with Gasteiger partial charge < -0.3 is 5.73 Å². The highest BCUT2D eigenvalue weighted by molar-refractivity contribution is 5.01. The lowest BCUT2D eigenvalue weighted by Crippen LogP contribution is -2.21. The first-order valence-electron chi connectivity index (χ1n) is 4.77. The Morgan fingerprint density at radius 3 is 2.77 bits per heavy atom. The van der Waals surface area contributed by atoms with Gasteiger partial charge in [-0.25, -0.2) is 0 Å². The van der Waals surface area contributed by atoms with Crippen LogP contribution in [0.1, 0.15) is 38.4 Å². The monoisotopic (exact) mass is 182 g/mol. The van der Waals surface area contributed by atoms with Crippen molar-refractivity contribution < 1.29 is 0 Å². The van der Waals surface area contributed by atoms with Crippen LogP contribution in [0.5, 0.6) is 0 Å². The summed E-state index contributed by atoms with van der Waals surface area (Å²) in [6.45, 7) is 4.34. The van der Waals surface area contributed by atoms with Crippen molar-refractivity contribution in [3.63, 3.8) is 0 Å². The largest absolute Gasteiger partial charge is 0.322 e. The summed E-state index contributed by atoms with van der Waals surface area (Å²) in [5, 5.41) is 7.69. The third-order valence-electron chi connectivity index (χ3n) is 2.45. The summed E-state index contributed by atoms with van der Waals surface area (Å²) < 4.78 is 1.75. The van der Waals surface area contributed by atoms with Crippen molar-refractivity contribution in [2.24, 2.45) is 18.7 Å². The third-order valence-corrected chi connectivity index (χ3v) is 2.45. The van der Waals surface area contributed by atoms with Gasteiger partial charge in [-0.15, -0.1) is 5.10 Å². The molecule has 2 unspecified atom stereocenters. The Hall–Kier alpha value is -0.900. The quantitative estimate of drug-likeness (QED) is 0.762. The van der Waals surface area contributed by atoms with E-state index in [1.54, 1.807) is 10.9 Å². The summed E-state index contributed by atoms with van der Waals surface area (Å²) in [5.41, 5.74) is 7.08. The first-order chi connectivity index (χ1) is 6.16. The molecule has 2 atom stereocenters. The SMILES string of the molecule is CCCC(C)C(N)c1cnnn1C. The molecule has 0 saturated carbocycles. The van der Waals surface area contributed by atoms with E-state index >= 15 is 0 Å². The summed E-state index contributed by atoms with van der Waals surface area (Å²) in [6.07, 6.45) is 4.06. The third kappa shape index (κ3) is 2.28. The minimum absolute atomic E-state index is 0.0555. The predicted molar refractivity (Wildman–Crippen MR) is 52.0 cm³/mol. The molecule has 0 spiro atoms. The van der Waals surface area contributed by atoms with Crippen LogP contribution in [0.25, 0.3) is 0 Å². The van der Waals surface area contributed by atoms with Gasteiger partial charge in [-0.05, 0) is 12.3 Å². The summed E-state index contributed by atoms with van der Waals surface area (Å²) >= 11 is 0. The zero-order valence-electron chi connectivity index (χ0n) is 8.57. The molecule has 0 aliphatic rings. The zero-order chi connectivity index (χ0) is 9.84. The van der Waals surface area contributed by atoms with Crippen LogP contribution in [-0.4, -0.2) is 15.0 Å². The molecule has 0 saturated heterocycles. The second-order valence-corrected chi connectivity index (χ2v) is 3.57. The summed E-state index contributed by atoms with van der Waals surface area (Å²) in [7, 11) is 1.88. The van der Waals surface area contributed by atoms with E-state index in [4.69, 9.17) is 5.73 Å². The molecule has 1 aromatic rings. The molecule has 0 amide bonds. The molecule has 1 heterocycles. The molecule has 0 fully saturated rings. The lowest BCUT2D eigenvalue weighted by Gasteiger charge is -2.18. The van der Waals surface area contributed by atoms with Crippen LogP contribution < -0.4 is 5.73 Å². The van der Waals surface area contributed by atoms with Gasteiger partial charge in [0.05, 0.1) is 17.9 Å². The zero-order valence-corrected chi connectivity index (χ0v) is 8.57.